The molecule has 1 fully saturated rings. The second-order valence-corrected chi connectivity index (χ2v) is 4.59. The van der Waals surface area contributed by atoms with Gasteiger partial charge in [0.25, 0.3) is 0 Å². The Balaban J connectivity index is 2.52. The SMILES string of the molecule is CCCC(C)C1CCCN1C(=O)CNC. The second-order valence-electron chi connectivity index (χ2n) is 4.59. The molecule has 0 spiro atoms. The van der Waals surface area contributed by atoms with Gasteiger partial charge in [-0.1, -0.05) is 20.3 Å². The van der Waals surface area contributed by atoms with Crippen molar-refractivity contribution < 1.29 is 4.79 Å². The van der Waals surface area contributed by atoms with Gasteiger partial charge in [0.2, 0.25) is 5.91 Å². The summed E-state index contributed by atoms with van der Waals surface area (Å²) < 4.78 is 0. The first-order chi connectivity index (χ1) is 7.20. The van der Waals surface area contributed by atoms with Crippen LogP contribution in [0.25, 0.3) is 0 Å². The maximum Gasteiger partial charge on any atom is 0.236 e. The second kappa shape index (κ2) is 6.11. The van der Waals surface area contributed by atoms with E-state index in [2.05, 4.69) is 24.1 Å². The van der Waals surface area contributed by atoms with Gasteiger partial charge in [0.05, 0.1) is 6.54 Å². The first kappa shape index (κ1) is 12.5. The van der Waals surface area contributed by atoms with Gasteiger partial charge in [0.1, 0.15) is 0 Å². The molecule has 1 saturated heterocycles. The molecule has 0 aromatic heterocycles. The van der Waals surface area contributed by atoms with Gasteiger partial charge in [-0.25, -0.2) is 0 Å². The van der Waals surface area contributed by atoms with Gasteiger partial charge in [-0.05, 0) is 32.2 Å². The maximum atomic E-state index is 11.8. The van der Waals surface area contributed by atoms with Gasteiger partial charge >= 0.3 is 0 Å². The Kier molecular flexibility index (Phi) is 5.09. The Morgan fingerprint density at radius 1 is 1.60 bits per heavy atom. The monoisotopic (exact) mass is 212 g/mol. The van der Waals surface area contributed by atoms with Crippen molar-refractivity contribution in [3.05, 3.63) is 0 Å². The molecule has 15 heavy (non-hydrogen) atoms. The summed E-state index contributed by atoms with van der Waals surface area (Å²) in [6, 6.07) is 0.491. The van der Waals surface area contributed by atoms with Crippen molar-refractivity contribution in [3.63, 3.8) is 0 Å². The number of hydrogen-bond acceptors (Lipinski definition) is 2. The number of carbonyl (C=O) groups is 1. The van der Waals surface area contributed by atoms with E-state index in [0.29, 0.717) is 18.5 Å². The maximum absolute atomic E-state index is 11.8. The lowest BCUT2D eigenvalue weighted by molar-refractivity contribution is -0.131. The van der Waals surface area contributed by atoms with Crippen LogP contribution in [0, 0.1) is 5.92 Å². The van der Waals surface area contributed by atoms with Crippen LogP contribution in [-0.4, -0.2) is 37.0 Å². The normalized spacial score (nSPS) is 23.1. The number of amides is 1. The van der Waals surface area contributed by atoms with Crippen LogP contribution in [0.4, 0.5) is 0 Å². The van der Waals surface area contributed by atoms with Gasteiger partial charge in [-0.3, -0.25) is 4.79 Å². The van der Waals surface area contributed by atoms with E-state index in [4.69, 9.17) is 0 Å². The van der Waals surface area contributed by atoms with Crippen LogP contribution in [0.2, 0.25) is 0 Å². The average Bonchev–Trinajstić information content (AvgIpc) is 2.66. The van der Waals surface area contributed by atoms with E-state index in [1.54, 1.807) is 0 Å². The summed E-state index contributed by atoms with van der Waals surface area (Å²) in [6.07, 6.45) is 4.81. The minimum absolute atomic E-state index is 0.267. The van der Waals surface area contributed by atoms with Crippen molar-refractivity contribution in [3.8, 4) is 0 Å². The number of likely N-dealkylation sites (tertiary alicyclic amines) is 1. The third-order valence-corrected chi connectivity index (χ3v) is 3.35. The summed E-state index contributed by atoms with van der Waals surface area (Å²) in [6.45, 7) is 5.93. The van der Waals surface area contributed by atoms with Crippen LogP contribution in [0.15, 0.2) is 0 Å². The molecule has 0 saturated carbocycles. The highest BCUT2D eigenvalue weighted by atomic mass is 16.2. The summed E-state index contributed by atoms with van der Waals surface area (Å²) in [5.41, 5.74) is 0. The highest BCUT2D eigenvalue weighted by molar-refractivity contribution is 5.78. The molecule has 1 N–H and O–H groups in total. The van der Waals surface area contributed by atoms with E-state index >= 15 is 0 Å². The molecule has 0 aromatic carbocycles. The molecule has 1 aliphatic rings. The lowest BCUT2D eigenvalue weighted by Gasteiger charge is -2.29. The molecule has 0 bridgehead atoms. The molecule has 0 aliphatic carbocycles. The predicted molar refractivity (Wildman–Crippen MR) is 62.7 cm³/mol. The summed E-state index contributed by atoms with van der Waals surface area (Å²) in [5, 5.41) is 2.94. The Morgan fingerprint density at radius 2 is 2.33 bits per heavy atom. The minimum Gasteiger partial charge on any atom is -0.338 e. The molecule has 1 heterocycles. The molecule has 0 radical (unpaired) electrons. The quantitative estimate of drug-likeness (QED) is 0.751. The summed E-state index contributed by atoms with van der Waals surface area (Å²) in [7, 11) is 1.83. The Bertz CT molecular complexity index is 206. The largest absolute Gasteiger partial charge is 0.338 e. The molecule has 1 aliphatic heterocycles. The zero-order valence-electron chi connectivity index (χ0n) is 10.3. The van der Waals surface area contributed by atoms with Gasteiger partial charge < -0.3 is 10.2 Å². The molecular weight excluding hydrogens is 188 g/mol. The molecule has 3 nitrogen and oxygen atoms in total. The number of rotatable bonds is 5. The lowest BCUT2D eigenvalue weighted by atomic mass is 9.95. The third kappa shape index (κ3) is 3.20. The number of carbonyl (C=O) groups excluding carboxylic acids is 1. The van der Waals surface area contributed by atoms with Crippen molar-refractivity contribution in [2.45, 2.75) is 45.6 Å². The van der Waals surface area contributed by atoms with Crippen LogP contribution >= 0.6 is 0 Å². The molecule has 1 amide bonds. The van der Waals surface area contributed by atoms with Crippen molar-refractivity contribution in [1.82, 2.24) is 10.2 Å². The first-order valence-electron chi connectivity index (χ1n) is 6.14. The van der Waals surface area contributed by atoms with E-state index in [9.17, 15) is 4.79 Å². The fourth-order valence-corrected chi connectivity index (χ4v) is 2.59. The average molecular weight is 212 g/mol. The number of likely N-dealkylation sites (N-methyl/N-ethyl adjacent to an activating group) is 1. The number of nitrogens with one attached hydrogen (secondary N) is 1. The zero-order chi connectivity index (χ0) is 11.3. The lowest BCUT2D eigenvalue weighted by Crippen LogP contribution is -2.43. The van der Waals surface area contributed by atoms with E-state index in [1.807, 2.05) is 7.05 Å². The third-order valence-electron chi connectivity index (χ3n) is 3.35. The molecule has 2 unspecified atom stereocenters. The van der Waals surface area contributed by atoms with Gasteiger partial charge in [-0.2, -0.15) is 0 Å². The Labute approximate surface area is 93.2 Å². The van der Waals surface area contributed by atoms with Crippen LogP contribution in [-0.2, 0) is 4.79 Å². The van der Waals surface area contributed by atoms with E-state index in [0.717, 1.165) is 6.54 Å². The zero-order valence-corrected chi connectivity index (χ0v) is 10.3. The number of hydrogen-bond donors (Lipinski definition) is 1. The first-order valence-corrected chi connectivity index (χ1v) is 6.14. The smallest absolute Gasteiger partial charge is 0.236 e. The standard InChI is InChI=1S/C12H24N2O/c1-4-6-10(2)11-7-5-8-14(11)12(15)9-13-3/h10-11,13H,4-9H2,1-3H3. The van der Waals surface area contributed by atoms with Crippen LogP contribution < -0.4 is 5.32 Å². The molecule has 2 atom stereocenters. The summed E-state index contributed by atoms with van der Waals surface area (Å²) >= 11 is 0. The summed E-state index contributed by atoms with van der Waals surface area (Å²) in [5.74, 6) is 0.918. The van der Waals surface area contributed by atoms with E-state index in [-0.39, 0.29) is 5.91 Å². The molecule has 1 rings (SSSR count). The van der Waals surface area contributed by atoms with Crippen molar-refractivity contribution in [1.29, 1.82) is 0 Å². The molecule has 3 heteroatoms. The van der Waals surface area contributed by atoms with Gasteiger partial charge in [-0.15, -0.1) is 0 Å². The van der Waals surface area contributed by atoms with Crippen molar-refractivity contribution in [2.24, 2.45) is 5.92 Å². The van der Waals surface area contributed by atoms with Crippen LogP contribution in [0.3, 0.4) is 0 Å². The van der Waals surface area contributed by atoms with Crippen molar-refractivity contribution >= 4 is 5.91 Å². The highest BCUT2D eigenvalue weighted by Crippen LogP contribution is 2.26. The van der Waals surface area contributed by atoms with Gasteiger partial charge in [0.15, 0.2) is 0 Å². The molecular formula is C12H24N2O. The predicted octanol–water partition coefficient (Wildman–Crippen LogP) is 1.63. The molecule has 88 valence electrons. The Hall–Kier alpha value is -0.570. The Morgan fingerprint density at radius 3 is 2.93 bits per heavy atom. The minimum atomic E-state index is 0.267. The summed E-state index contributed by atoms with van der Waals surface area (Å²) in [4.78, 5) is 13.9. The highest BCUT2D eigenvalue weighted by Gasteiger charge is 2.31. The van der Waals surface area contributed by atoms with E-state index in [1.165, 1.54) is 25.7 Å². The fraction of sp³-hybridized carbons (Fsp3) is 0.917. The topological polar surface area (TPSA) is 32.3 Å². The van der Waals surface area contributed by atoms with Crippen molar-refractivity contribution in [2.75, 3.05) is 20.1 Å². The molecule has 0 aromatic rings. The van der Waals surface area contributed by atoms with Crippen LogP contribution in [0.5, 0.6) is 0 Å². The van der Waals surface area contributed by atoms with Crippen LogP contribution in [0.1, 0.15) is 39.5 Å². The fourth-order valence-electron chi connectivity index (χ4n) is 2.59. The van der Waals surface area contributed by atoms with E-state index < -0.39 is 0 Å². The van der Waals surface area contributed by atoms with Gasteiger partial charge in [0, 0.05) is 12.6 Å². The number of nitrogens with zero attached hydrogens (tertiary/aromatic N) is 1.